The molecule has 1 heterocycles. The Labute approximate surface area is 162 Å². The topological polar surface area (TPSA) is 127 Å². The molecule has 0 aliphatic rings. The highest BCUT2D eigenvalue weighted by Gasteiger charge is 2.04. The summed E-state index contributed by atoms with van der Waals surface area (Å²) in [5.41, 5.74) is 1.14. The van der Waals surface area contributed by atoms with Gasteiger partial charge in [-0.3, -0.25) is 0 Å². The van der Waals surface area contributed by atoms with Crippen LogP contribution in [0.3, 0.4) is 0 Å². The van der Waals surface area contributed by atoms with E-state index in [0.717, 1.165) is 30.2 Å². The minimum absolute atomic E-state index is 0.572. The Hall–Kier alpha value is -3.33. The van der Waals surface area contributed by atoms with Crippen LogP contribution in [-0.4, -0.2) is 60.5 Å². The predicted molar refractivity (Wildman–Crippen MR) is 101 cm³/mol. The molecule has 0 radical (unpaired) electrons. The van der Waals surface area contributed by atoms with E-state index in [0.29, 0.717) is 19.1 Å². The lowest BCUT2D eigenvalue weighted by Crippen LogP contribution is -2.26. The van der Waals surface area contributed by atoms with Crippen LogP contribution in [0, 0.1) is 6.92 Å². The van der Waals surface area contributed by atoms with Gasteiger partial charge < -0.3 is 29.7 Å². The number of carboxylic acids is 2. The van der Waals surface area contributed by atoms with Crippen LogP contribution >= 0.6 is 0 Å². The van der Waals surface area contributed by atoms with Gasteiger partial charge in [-0.15, -0.1) is 0 Å². The van der Waals surface area contributed by atoms with Crippen molar-refractivity contribution in [1.29, 1.82) is 0 Å². The van der Waals surface area contributed by atoms with Crippen molar-refractivity contribution in [3.05, 3.63) is 48.2 Å². The van der Waals surface area contributed by atoms with E-state index in [-0.39, 0.29) is 0 Å². The molecule has 3 N–H and O–H groups in total. The molecule has 0 amide bonds. The average molecular weight is 392 g/mol. The molecular weight excluding hydrogens is 368 g/mol. The van der Waals surface area contributed by atoms with E-state index in [1.54, 1.807) is 13.3 Å². The van der Waals surface area contributed by atoms with Crippen LogP contribution in [0.25, 0.3) is 0 Å². The molecule has 2 rings (SSSR count). The fourth-order valence-electron chi connectivity index (χ4n) is 1.91. The number of carboxylic acid groups (broad SMARTS) is 2. The molecule has 0 fully saturated rings. The number of nitrogens with zero attached hydrogens (tertiary/aromatic N) is 1. The summed E-state index contributed by atoms with van der Waals surface area (Å²) in [6, 6.07) is 11.5. The van der Waals surface area contributed by atoms with Crippen LogP contribution in [0.2, 0.25) is 0 Å². The molecule has 0 bridgehead atoms. The molecule has 9 heteroatoms. The van der Waals surface area contributed by atoms with E-state index in [4.69, 9.17) is 34.0 Å². The lowest BCUT2D eigenvalue weighted by Gasteiger charge is -2.11. The zero-order valence-corrected chi connectivity index (χ0v) is 15.8. The molecule has 0 unspecified atom stereocenters. The molecule has 0 saturated heterocycles. The molecule has 152 valence electrons. The summed E-state index contributed by atoms with van der Waals surface area (Å²) in [6.45, 7) is 4.64. The summed E-state index contributed by atoms with van der Waals surface area (Å²) in [7, 11) is 1.64. The van der Waals surface area contributed by atoms with Gasteiger partial charge >= 0.3 is 11.9 Å². The normalized spacial score (nSPS) is 9.64. The van der Waals surface area contributed by atoms with E-state index < -0.39 is 11.9 Å². The van der Waals surface area contributed by atoms with E-state index in [2.05, 4.69) is 10.3 Å². The fourth-order valence-corrected chi connectivity index (χ4v) is 1.91. The monoisotopic (exact) mass is 392 g/mol. The van der Waals surface area contributed by atoms with Crippen LogP contribution < -0.4 is 19.5 Å². The first kappa shape index (κ1) is 22.7. The number of aromatic nitrogens is 1. The van der Waals surface area contributed by atoms with Gasteiger partial charge in [-0.2, -0.15) is 0 Å². The molecule has 0 atom stereocenters. The second-order valence-electron chi connectivity index (χ2n) is 5.38. The summed E-state index contributed by atoms with van der Waals surface area (Å²) in [5.74, 6) is -1.49. The van der Waals surface area contributed by atoms with Crippen LogP contribution in [-0.2, 0) is 9.59 Å². The number of hydrogen-bond acceptors (Lipinski definition) is 7. The van der Waals surface area contributed by atoms with Crippen LogP contribution in [0.15, 0.2) is 42.6 Å². The Bertz CT molecular complexity index is 741. The van der Waals surface area contributed by atoms with Crippen LogP contribution in [0.5, 0.6) is 17.4 Å². The van der Waals surface area contributed by atoms with Gasteiger partial charge in [0.25, 0.3) is 0 Å². The standard InChI is InChI=1S/C17H22N2O3.C2H2O4/c1-14-7-8-19-17(13-14)22-12-10-18-9-11-21-16-6-4-3-5-15(16)20-2;3-1(4)2(5)6/h3-8,13,18H,9-12H2,1-2H3;(H,3,4)(H,5,6). The van der Waals surface area contributed by atoms with E-state index in [9.17, 15) is 0 Å². The van der Waals surface area contributed by atoms with Crippen molar-refractivity contribution in [1.82, 2.24) is 10.3 Å². The molecule has 9 nitrogen and oxygen atoms in total. The highest BCUT2D eigenvalue weighted by Crippen LogP contribution is 2.25. The third-order valence-corrected chi connectivity index (χ3v) is 3.21. The molecule has 1 aromatic heterocycles. The molecule has 0 saturated carbocycles. The van der Waals surface area contributed by atoms with Crippen molar-refractivity contribution < 1.29 is 34.0 Å². The van der Waals surface area contributed by atoms with Gasteiger partial charge in [0.1, 0.15) is 13.2 Å². The summed E-state index contributed by atoms with van der Waals surface area (Å²) in [4.78, 5) is 22.3. The number of methoxy groups -OCH3 is 1. The molecular formula is C19H24N2O7. The van der Waals surface area contributed by atoms with Gasteiger partial charge in [-0.1, -0.05) is 12.1 Å². The number of carbonyl (C=O) groups is 2. The number of benzene rings is 1. The summed E-state index contributed by atoms with van der Waals surface area (Å²) >= 11 is 0. The zero-order chi connectivity index (χ0) is 20.8. The number of pyridine rings is 1. The van der Waals surface area contributed by atoms with Crippen molar-refractivity contribution in [2.24, 2.45) is 0 Å². The van der Waals surface area contributed by atoms with Gasteiger partial charge in [0.15, 0.2) is 11.5 Å². The van der Waals surface area contributed by atoms with Crippen molar-refractivity contribution in [3.63, 3.8) is 0 Å². The Balaban J connectivity index is 0.000000568. The highest BCUT2D eigenvalue weighted by atomic mass is 16.5. The fraction of sp³-hybridized carbons (Fsp3) is 0.316. The lowest BCUT2D eigenvalue weighted by molar-refractivity contribution is -0.159. The zero-order valence-electron chi connectivity index (χ0n) is 15.8. The van der Waals surface area contributed by atoms with Gasteiger partial charge in [-0.05, 0) is 30.7 Å². The van der Waals surface area contributed by atoms with Gasteiger partial charge in [0.05, 0.1) is 7.11 Å². The van der Waals surface area contributed by atoms with E-state index in [1.807, 2.05) is 43.3 Å². The number of ether oxygens (including phenoxy) is 3. The summed E-state index contributed by atoms with van der Waals surface area (Å²) < 4.78 is 16.4. The van der Waals surface area contributed by atoms with E-state index in [1.165, 1.54) is 0 Å². The van der Waals surface area contributed by atoms with Crippen molar-refractivity contribution in [2.75, 3.05) is 33.4 Å². The second-order valence-corrected chi connectivity index (χ2v) is 5.38. The van der Waals surface area contributed by atoms with Gasteiger partial charge in [0, 0.05) is 25.4 Å². The first-order chi connectivity index (χ1) is 13.4. The number of rotatable bonds is 9. The Morgan fingerprint density at radius 1 is 1.00 bits per heavy atom. The largest absolute Gasteiger partial charge is 0.493 e. The van der Waals surface area contributed by atoms with Gasteiger partial charge in [-0.25, -0.2) is 14.6 Å². The number of aryl methyl sites for hydroxylation is 1. The summed E-state index contributed by atoms with van der Waals surface area (Å²) in [6.07, 6.45) is 1.75. The number of aliphatic carboxylic acids is 2. The SMILES string of the molecule is COc1ccccc1OCCNCCOc1cc(C)ccn1.O=C(O)C(=O)O. The first-order valence-electron chi connectivity index (χ1n) is 8.42. The first-order valence-corrected chi connectivity index (χ1v) is 8.42. The van der Waals surface area contributed by atoms with Crippen molar-refractivity contribution in [3.8, 4) is 17.4 Å². The quantitative estimate of drug-likeness (QED) is 0.431. The molecule has 2 aromatic rings. The predicted octanol–water partition coefficient (Wildman–Crippen LogP) is 1.60. The Morgan fingerprint density at radius 3 is 2.18 bits per heavy atom. The maximum absolute atomic E-state index is 9.10. The third kappa shape index (κ3) is 9.39. The maximum Gasteiger partial charge on any atom is 0.414 e. The molecule has 0 aliphatic carbocycles. The minimum atomic E-state index is -1.82. The van der Waals surface area contributed by atoms with Crippen LogP contribution in [0.1, 0.15) is 5.56 Å². The molecule has 28 heavy (non-hydrogen) atoms. The Morgan fingerprint density at radius 2 is 1.61 bits per heavy atom. The minimum Gasteiger partial charge on any atom is -0.493 e. The smallest absolute Gasteiger partial charge is 0.414 e. The molecule has 1 aromatic carbocycles. The molecule has 0 aliphatic heterocycles. The van der Waals surface area contributed by atoms with E-state index >= 15 is 0 Å². The third-order valence-electron chi connectivity index (χ3n) is 3.21. The molecule has 0 spiro atoms. The Kier molecular flexibility index (Phi) is 10.5. The average Bonchev–Trinajstić information content (AvgIpc) is 2.68. The highest BCUT2D eigenvalue weighted by molar-refractivity contribution is 6.27. The summed E-state index contributed by atoms with van der Waals surface area (Å²) in [5, 5.41) is 18.0. The number of nitrogens with one attached hydrogen (secondary N) is 1. The lowest BCUT2D eigenvalue weighted by atomic mass is 10.3. The second kappa shape index (κ2) is 12.9. The number of para-hydroxylation sites is 2. The number of hydrogen-bond donors (Lipinski definition) is 3. The van der Waals surface area contributed by atoms with Crippen LogP contribution in [0.4, 0.5) is 0 Å². The van der Waals surface area contributed by atoms with Crippen molar-refractivity contribution >= 4 is 11.9 Å². The van der Waals surface area contributed by atoms with Gasteiger partial charge in [0.2, 0.25) is 5.88 Å². The van der Waals surface area contributed by atoms with Crippen molar-refractivity contribution in [2.45, 2.75) is 6.92 Å². The maximum atomic E-state index is 9.10.